The first-order chi connectivity index (χ1) is 9.08. The molecule has 4 nitrogen and oxygen atoms in total. The van der Waals surface area contributed by atoms with Crippen LogP contribution in [0.4, 0.5) is 0 Å². The zero-order valence-corrected chi connectivity index (χ0v) is 14.1. The minimum Gasteiger partial charge on any atom is -0.340 e. The quantitative estimate of drug-likeness (QED) is 0.731. The molecular formula is C16H31N3O. The fourth-order valence-electron chi connectivity index (χ4n) is 3.78. The molecule has 0 aliphatic carbocycles. The molecule has 0 aromatic rings. The number of amides is 1. The average Bonchev–Trinajstić information content (AvgIpc) is 2.24. The highest BCUT2D eigenvalue weighted by Crippen LogP contribution is 2.28. The summed E-state index contributed by atoms with van der Waals surface area (Å²) >= 11 is 0. The summed E-state index contributed by atoms with van der Waals surface area (Å²) in [5, 5.41) is 0. The third-order valence-corrected chi connectivity index (χ3v) is 4.47. The SMILES string of the molecule is CN1CC2CN(C(=O)CC(C)(C)C)CCN2C(C)(C)C1. The fraction of sp³-hybridized carbons (Fsp3) is 0.938. The number of piperazine rings is 2. The monoisotopic (exact) mass is 281 g/mol. The van der Waals surface area contributed by atoms with E-state index in [1.165, 1.54) is 0 Å². The van der Waals surface area contributed by atoms with Gasteiger partial charge in [-0.3, -0.25) is 9.69 Å². The topological polar surface area (TPSA) is 26.8 Å². The predicted molar refractivity (Wildman–Crippen MR) is 82.7 cm³/mol. The molecule has 2 fully saturated rings. The van der Waals surface area contributed by atoms with E-state index in [0.717, 1.165) is 32.7 Å². The van der Waals surface area contributed by atoms with Crippen molar-refractivity contribution in [2.75, 3.05) is 39.8 Å². The number of carbonyl (C=O) groups is 1. The lowest BCUT2D eigenvalue weighted by molar-refractivity contribution is -0.140. The van der Waals surface area contributed by atoms with Gasteiger partial charge in [0.25, 0.3) is 0 Å². The number of likely N-dealkylation sites (N-methyl/N-ethyl adjacent to an activating group) is 1. The van der Waals surface area contributed by atoms with Crippen molar-refractivity contribution in [3.8, 4) is 0 Å². The van der Waals surface area contributed by atoms with Crippen LogP contribution in [0.15, 0.2) is 0 Å². The molecule has 116 valence electrons. The summed E-state index contributed by atoms with van der Waals surface area (Å²) in [5.41, 5.74) is 0.299. The summed E-state index contributed by atoms with van der Waals surface area (Å²) in [6, 6.07) is 0.487. The van der Waals surface area contributed by atoms with Crippen molar-refractivity contribution in [1.29, 1.82) is 0 Å². The van der Waals surface area contributed by atoms with Gasteiger partial charge in [0, 0.05) is 50.7 Å². The van der Waals surface area contributed by atoms with E-state index < -0.39 is 0 Å². The van der Waals surface area contributed by atoms with E-state index in [2.05, 4.69) is 56.4 Å². The van der Waals surface area contributed by atoms with Crippen molar-refractivity contribution in [2.45, 2.75) is 52.6 Å². The second kappa shape index (κ2) is 5.30. The summed E-state index contributed by atoms with van der Waals surface area (Å²) in [4.78, 5) is 19.5. The highest BCUT2D eigenvalue weighted by molar-refractivity contribution is 5.77. The molecule has 0 aromatic carbocycles. The van der Waals surface area contributed by atoms with Crippen molar-refractivity contribution in [3.63, 3.8) is 0 Å². The molecule has 0 bridgehead atoms. The molecule has 20 heavy (non-hydrogen) atoms. The van der Waals surface area contributed by atoms with E-state index in [-0.39, 0.29) is 11.0 Å². The first kappa shape index (κ1) is 15.8. The molecule has 0 N–H and O–H groups in total. The Labute approximate surface area is 124 Å². The molecule has 1 unspecified atom stereocenters. The summed E-state index contributed by atoms with van der Waals surface area (Å²) in [6.45, 7) is 16.0. The molecule has 2 rings (SSSR count). The maximum atomic E-state index is 12.4. The Hall–Kier alpha value is -0.610. The molecule has 1 amide bonds. The molecule has 2 heterocycles. The summed E-state index contributed by atoms with van der Waals surface area (Å²) in [5.74, 6) is 0.322. The van der Waals surface area contributed by atoms with Gasteiger partial charge in [0.2, 0.25) is 5.91 Å². The first-order valence-corrected chi connectivity index (χ1v) is 7.82. The van der Waals surface area contributed by atoms with Crippen LogP contribution in [0.1, 0.15) is 41.0 Å². The molecule has 0 radical (unpaired) electrons. The lowest BCUT2D eigenvalue weighted by Gasteiger charge is -2.55. The Morgan fingerprint density at radius 1 is 1.20 bits per heavy atom. The van der Waals surface area contributed by atoms with Gasteiger partial charge in [-0.1, -0.05) is 20.8 Å². The Balaban J connectivity index is 2.01. The van der Waals surface area contributed by atoms with E-state index >= 15 is 0 Å². The van der Waals surface area contributed by atoms with Gasteiger partial charge >= 0.3 is 0 Å². The van der Waals surface area contributed by atoms with Gasteiger partial charge < -0.3 is 9.80 Å². The van der Waals surface area contributed by atoms with Crippen LogP contribution >= 0.6 is 0 Å². The van der Waals surface area contributed by atoms with Gasteiger partial charge in [-0.15, -0.1) is 0 Å². The van der Waals surface area contributed by atoms with Gasteiger partial charge in [0.1, 0.15) is 0 Å². The lowest BCUT2D eigenvalue weighted by atomic mass is 9.90. The summed E-state index contributed by atoms with van der Waals surface area (Å²) in [7, 11) is 2.19. The van der Waals surface area contributed by atoms with E-state index in [9.17, 15) is 4.79 Å². The normalized spacial score (nSPS) is 28.3. The fourth-order valence-corrected chi connectivity index (χ4v) is 3.78. The van der Waals surface area contributed by atoms with Crippen molar-refractivity contribution >= 4 is 5.91 Å². The molecular weight excluding hydrogens is 250 g/mol. The van der Waals surface area contributed by atoms with Crippen LogP contribution in [0, 0.1) is 5.41 Å². The van der Waals surface area contributed by atoms with Crippen LogP contribution in [0.2, 0.25) is 0 Å². The van der Waals surface area contributed by atoms with Crippen molar-refractivity contribution in [2.24, 2.45) is 5.41 Å². The minimum atomic E-state index is 0.0802. The molecule has 2 saturated heterocycles. The Kier molecular flexibility index (Phi) is 4.18. The van der Waals surface area contributed by atoms with Gasteiger partial charge in [-0.25, -0.2) is 0 Å². The molecule has 0 spiro atoms. The Morgan fingerprint density at radius 2 is 1.85 bits per heavy atom. The van der Waals surface area contributed by atoms with Gasteiger partial charge in [-0.05, 0) is 26.3 Å². The smallest absolute Gasteiger partial charge is 0.223 e. The standard InChI is InChI=1S/C16H31N3O/c1-15(2,3)9-14(20)18-7-8-19-13(11-18)10-17(6)12-16(19,4)5/h13H,7-12H2,1-6H3. The molecule has 2 aliphatic heterocycles. The van der Waals surface area contributed by atoms with Crippen LogP contribution in [0.5, 0.6) is 0 Å². The van der Waals surface area contributed by atoms with Crippen molar-refractivity contribution in [3.05, 3.63) is 0 Å². The van der Waals surface area contributed by atoms with Gasteiger partial charge in [-0.2, -0.15) is 0 Å². The molecule has 4 heteroatoms. The van der Waals surface area contributed by atoms with Crippen LogP contribution in [0.3, 0.4) is 0 Å². The summed E-state index contributed by atoms with van der Waals surface area (Å²) in [6.07, 6.45) is 0.652. The molecule has 1 atom stereocenters. The van der Waals surface area contributed by atoms with Gasteiger partial charge in [0.15, 0.2) is 0 Å². The third kappa shape index (κ3) is 3.53. The molecule has 0 saturated carbocycles. The zero-order valence-electron chi connectivity index (χ0n) is 14.1. The van der Waals surface area contributed by atoms with Gasteiger partial charge in [0.05, 0.1) is 0 Å². The molecule has 2 aliphatic rings. The Bertz CT molecular complexity index is 372. The highest BCUT2D eigenvalue weighted by atomic mass is 16.2. The van der Waals surface area contributed by atoms with E-state index in [0.29, 0.717) is 18.4 Å². The van der Waals surface area contributed by atoms with E-state index in [1.807, 2.05) is 0 Å². The first-order valence-electron chi connectivity index (χ1n) is 7.82. The molecule has 0 aromatic heterocycles. The van der Waals surface area contributed by atoms with E-state index in [4.69, 9.17) is 0 Å². The van der Waals surface area contributed by atoms with Crippen LogP contribution in [-0.2, 0) is 4.79 Å². The largest absolute Gasteiger partial charge is 0.340 e. The number of rotatable bonds is 1. The second-order valence-corrected chi connectivity index (χ2v) is 8.43. The number of hydrogen-bond acceptors (Lipinski definition) is 3. The summed E-state index contributed by atoms with van der Waals surface area (Å²) < 4.78 is 0. The maximum Gasteiger partial charge on any atom is 0.223 e. The number of hydrogen-bond donors (Lipinski definition) is 0. The number of fused-ring (bicyclic) bond motifs is 1. The maximum absolute atomic E-state index is 12.4. The van der Waals surface area contributed by atoms with Crippen LogP contribution in [-0.4, -0.2) is 72.0 Å². The highest BCUT2D eigenvalue weighted by Gasteiger charge is 2.42. The van der Waals surface area contributed by atoms with Crippen LogP contribution in [0.25, 0.3) is 0 Å². The van der Waals surface area contributed by atoms with Crippen LogP contribution < -0.4 is 0 Å². The average molecular weight is 281 g/mol. The minimum absolute atomic E-state index is 0.0802. The number of carbonyl (C=O) groups excluding carboxylic acids is 1. The number of nitrogens with zero attached hydrogens (tertiary/aromatic N) is 3. The Morgan fingerprint density at radius 3 is 2.45 bits per heavy atom. The van der Waals surface area contributed by atoms with E-state index in [1.54, 1.807) is 0 Å². The predicted octanol–water partition coefficient (Wildman–Crippen LogP) is 1.66. The van der Waals surface area contributed by atoms with Crippen molar-refractivity contribution < 1.29 is 4.79 Å². The van der Waals surface area contributed by atoms with Crippen molar-refractivity contribution in [1.82, 2.24) is 14.7 Å². The lowest BCUT2D eigenvalue weighted by Crippen LogP contribution is -2.69. The zero-order chi connectivity index (χ0) is 15.1. The second-order valence-electron chi connectivity index (χ2n) is 8.43. The third-order valence-electron chi connectivity index (χ3n) is 4.47.